The highest BCUT2D eigenvalue weighted by molar-refractivity contribution is 5.83. The van der Waals surface area contributed by atoms with Crippen molar-refractivity contribution in [2.75, 3.05) is 13.2 Å². The summed E-state index contributed by atoms with van der Waals surface area (Å²) >= 11 is 0. The Kier molecular flexibility index (Phi) is 3.30. The van der Waals surface area contributed by atoms with E-state index in [0.29, 0.717) is 24.9 Å². The van der Waals surface area contributed by atoms with Crippen LogP contribution in [0.4, 0.5) is 0 Å². The fraction of sp³-hybridized carbons (Fsp3) is 0.941. The van der Waals surface area contributed by atoms with E-state index >= 15 is 0 Å². The van der Waals surface area contributed by atoms with Gasteiger partial charge in [-0.15, -0.1) is 0 Å². The maximum atomic E-state index is 12.6. The van der Waals surface area contributed by atoms with Crippen molar-refractivity contribution < 1.29 is 14.3 Å². The number of rotatable bonds is 2. The molecule has 3 nitrogen and oxygen atoms in total. The Labute approximate surface area is 122 Å². The van der Waals surface area contributed by atoms with Crippen LogP contribution in [0.1, 0.15) is 59.8 Å². The number of carbonyl (C=O) groups excluding carboxylic acids is 1. The number of fused-ring (bicyclic) bond motifs is 2. The molecule has 0 aromatic heterocycles. The molecule has 3 aliphatic rings. The molecule has 0 bridgehead atoms. The quantitative estimate of drug-likeness (QED) is 0.776. The Morgan fingerprint density at radius 1 is 1.20 bits per heavy atom. The van der Waals surface area contributed by atoms with E-state index in [0.717, 1.165) is 25.7 Å². The van der Waals surface area contributed by atoms with Gasteiger partial charge in [0, 0.05) is 17.8 Å². The normalized spacial score (nSPS) is 46.6. The lowest BCUT2D eigenvalue weighted by Crippen LogP contribution is -2.58. The van der Waals surface area contributed by atoms with Crippen LogP contribution in [-0.2, 0) is 14.3 Å². The average Bonchev–Trinajstić information content (AvgIpc) is 3.02. The van der Waals surface area contributed by atoms with Gasteiger partial charge >= 0.3 is 0 Å². The zero-order valence-electron chi connectivity index (χ0n) is 13.3. The fourth-order valence-electron chi connectivity index (χ4n) is 5.52. The molecular weight excluding hydrogens is 252 g/mol. The average molecular weight is 280 g/mol. The smallest absolute Gasteiger partial charge is 0.172 e. The second-order valence-corrected chi connectivity index (χ2v) is 7.44. The zero-order chi connectivity index (χ0) is 14.6. The topological polar surface area (TPSA) is 35.5 Å². The Hall–Kier alpha value is -0.410. The van der Waals surface area contributed by atoms with Gasteiger partial charge in [-0.2, -0.15) is 0 Å². The maximum Gasteiger partial charge on any atom is 0.172 e. The number of ketones is 1. The highest BCUT2D eigenvalue weighted by Crippen LogP contribution is 2.68. The van der Waals surface area contributed by atoms with Crippen molar-refractivity contribution in [2.45, 2.75) is 65.6 Å². The van der Waals surface area contributed by atoms with Crippen LogP contribution in [0.25, 0.3) is 0 Å². The highest BCUT2D eigenvalue weighted by Gasteiger charge is 2.69. The Morgan fingerprint density at radius 2 is 1.85 bits per heavy atom. The van der Waals surface area contributed by atoms with Crippen molar-refractivity contribution >= 4 is 5.78 Å². The summed E-state index contributed by atoms with van der Waals surface area (Å²) < 4.78 is 12.2. The molecule has 1 aliphatic heterocycles. The van der Waals surface area contributed by atoms with Gasteiger partial charge in [-0.25, -0.2) is 0 Å². The van der Waals surface area contributed by atoms with Gasteiger partial charge in [0.1, 0.15) is 5.78 Å². The van der Waals surface area contributed by atoms with Gasteiger partial charge in [0.25, 0.3) is 0 Å². The van der Waals surface area contributed by atoms with Crippen molar-refractivity contribution in [1.82, 2.24) is 0 Å². The third-order valence-electron chi connectivity index (χ3n) is 6.96. The van der Waals surface area contributed by atoms with Crippen molar-refractivity contribution in [3.05, 3.63) is 0 Å². The maximum absolute atomic E-state index is 12.6. The molecule has 2 saturated carbocycles. The van der Waals surface area contributed by atoms with Crippen LogP contribution in [0.2, 0.25) is 0 Å². The molecule has 0 N–H and O–H groups in total. The summed E-state index contributed by atoms with van der Waals surface area (Å²) in [6, 6.07) is 0. The van der Waals surface area contributed by atoms with Crippen molar-refractivity contribution in [3.8, 4) is 0 Å². The number of carbonyl (C=O) groups is 1. The third-order valence-corrected chi connectivity index (χ3v) is 6.96. The molecule has 2 aliphatic carbocycles. The van der Waals surface area contributed by atoms with Crippen LogP contribution in [0.15, 0.2) is 0 Å². The first-order valence-electron chi connectivity index (χ1n) is 8.20. The van der Waals surface area contributed by atoms with Crippen LogP contribution < -0.4 is 0 Å². The molecule has 20 heavy (non-hydrogen) atoms. The predicted molar refractivity (Wildman–Crippen MR) is 77.3 cm³/mol. The fourth-order valence-corrected chi connectivity index (χ4v) is 5.52. The molecule has 3 rings (SSSR count). The van der Waals surface area contributed by atoms with Crippen molar-refractivity contribution in [2.24, 2.45) is 22.7 Å². The lowest BCUT2D eigenvalue weighted by molar-refractivity contribution is -0.238. The molecule has 0 aromatic rings. The van der Waals surface area contributed by atoms with Gasteiger partial charge in [-0.05, 0) is 43.9 Å². The van der Waals surface area contributed by atoms with E-state index < -0.39 is 5.79 Å². The number of hydrogen-bond donors (Lipinski definition) is 0. The molecule has 1 heterocycles. The molecule has 0 aromatic carbocycles. The first kappa shape index (κ1) is 14.5. The molecule has 0 radical (unpaired) electrons. The molecule has 0 amide bonds. The first-order valence-corrected chi connectivity index (χ1v) is 8.20. The monoisotopic (exact) mass is 280 g/mol. The molecule has 3 fully saturated rings. The van der Waals surface area contributed by atoms with Crippen LogP contribution in [0.5, 0.6) is 0 Å². The summed E-state index contributed by atoms with van der Waals surface area (Å²) in [6.45, 7) is 9.81. The number of hydrogen-bond acceptors (Lipinski definition) is 3. The Balaban J connectivity index is 2.11. The zero-order valence-corrected chi connectivity index (χ0v) is 13.3. The Morgan fingerprint density at radius 3 is 2.40 bits per heavy atom. The summed E-state index contributed by atoms with van der Waals surface area (Å²) in [7, 11) is 0. The minimum atomic E-state index is -0.481. The van der Waals surface area contributed by atoms with Crippen LogP contribution in [0, 0.1) is 22.7 Å². The van der Waals surface area contributed by atoms with E-state index in [1.165, 1.54) is 6.42 Å². The second kappa shape index (κ2) is 4.54. The molecular formula is C17H28O3. The first-order chi connectivity index (χ1) is 9.41. The lowest BCUT2D eigenvalue weighted by atomic mass is 9.50. The van der Waals surface area contributed by atoms with Gasteiger partial charge in [-0.3, -0.25) is 4.79 Å². The van der Waals surface area contributed by atoms with Gasteiger partial charge in [0.05, 0.1) is 13.2 Å². The number of ether oxygens (including phenoxy) is 2. The molecule has 4 atom stereocenters. The van der Waals surface area contributed by atoms with Crippen molar-refractivity contribution in [3.63, 3.8) is 0 Å². The summed E-state index contributed by atoms with van der Waals surface area (Å²) in [5.74, 6) is 0.460. The molecule has 1 saturated heterocycles. The summed E-state index contributed by atoms with van der Waals surface area (Å²) in [6.07, 6.45) is 5.59. The molecule has 114 valence electrons. The van der Waals surface area contributed by atoms with Crippen LogP contribution >= 0.6 is 0 Å². The molecule has 1 spiro atoms. The van der Waals surface area contributed by atoms with E-state index in [9.17, 15) is 4.79 Å². The van der Waals surface area contributed by atoms with Gasteiger partial charge in [0.2, 0.25) is 0 Å². The van der Waals surface area contributed by atoms with Gasteiger partial charge in [0.15, 0.2) is 5.79 Å². The van der Waals surface area contributed by atoms with E-state index in [1.54, 1.807) is 6.92 Å². The summed E-state index contributed by atoms with van der Waals surface area (Å²) in [4.78, 5) is 12.6. The molecule has 3 heteroatoms. The standard InChI is InChI=1S/C17H28O3/c1-5-16-7-6-12(2)15(4,13(3)18)14(16)17(9-8-16)19-10-11-20-17/h12,14H,5-11H2,1-4H3/t12-,14?,15+,16+/m1/s1. The van der Waals surface area contributed by atoms with Crippen LogP contribution in [0.3, 0.4) is 0 Å². The van der Waals surface area contributed by atoms with E-state index in [2.05, 4.69) is 20.8 Å². The van der Waals surface area contributed by atoms with E-state index in [1.807, 2.05) is 0 Å². The summed E-state index contributed by atoms with van der Waals surface area (Å²) in [5.41, 5.74) is -0.0770. The van der Waals surface area contributed by atoms with Gasteiger partial charge in [-0.1, -0.05) is 20.8 Å². The van der Waals surface area contributed by atoms with E-state index in [4.69, 9.17) is 9.47 Å². The minimum Gasteiger partial charge on any atom is -0.347 e. The second-order valence-electron chi connectivity index (χ2n) is 7.44. The van der Waals surface area contributed by atoms with E-state index in [-0.39, 0.29) is 16.7 Å². The van der Waals surface area contributed by atoms with Crippen LogP contribution in [-0.4, -0.2) is 24.8 Å². The lowest BCUT2D eigenvalue weighted by Gasteiger charge is -2.55. The predicted octanol–water partition coefficient (Wildman–Crippen LogP) is 3.56. The van der Waals surface area contributed by atoms with Gasteiger partial charge < -0.3 is 9.47 Å². The number of Topliss-reactive ketones (excluding diaryl/α,β-unsaturated/α-hetero) is 1. The SMILES string of the molecule is CC[C@@]12CC[C@@H](C)[C@@](C)(C(C)=O)C1C1(CC2)OCCO1. The largest absolute Gasteiger partial charge is 0.347 e. The third kappa shape index (κ3) is 1.62. The minimum absolute atomic E-state index is 0.219. The van der Waals surface area contributed by atoms with Crippen molar-refractivity contribution in [1.29, 1.82) is 0 Å². The molecule has 1 unspecified atom stereocenters. The Bertz CT molecular complexity index is 406. The highest BCUT2D eigenvalue weighted by atomic mass is 16.7. The summed E-state index contributed by atoms with van der Waals surface area (Å²) in [5, 5.41) is 0.